The van der Waals surface area contributed by atoms with Gasteiger partial charge in [-0.15, -0.1) is 12.4 Å². The minimum atomic E-state index is -0.757. The molecule has 2 rings (SSSR count). The number of nitrogens with one attached hydrogen (secondary N) is 2. The van der Waals surface area contributed by atoms with Gasteiger partial charge in [-0.05, 0) is 38.1 Å². The average molecular weight is 362 g/mol. The maximum absolute atomic E-state index is 13.1. The maximum Gasteiger partial charge on any atom is 0.285 e. The van der Waals surface area contributed by atoms with Crippen molar-refractivity contribution < 1.29 is 18.8 Å². The molecule has 134 valence electrons. The van der Waals surface area contributed by atoms with E-state index in [0.717, 1.165) is 44.1 Å². The molecule has 1 aliphatic rings. The number of benzene rings is 1. The second-order valence-electron chi connectivity index (χ2n) is 5.78. The third-order valence-electron chi connectivity index (χ3n) is 4.14. The molecular formula is C15H21ClFN3O4. The third-order valence-corrected chi connectivity index (χ3v) is 4.14. The predicted octanol–water partition coefficient (Wildman–Crippen LogP) is 1.90. The first-order valence-corrected chi connectivity index (χ1v) is 7.39. The van der Waals surface area contributed by atoms with E-state index in [1.165, 1.54) is 0 Å². The van der Waals surface area contributed by atoms with Gasteiger partial charge in [-0.1, -0.05) is 0 Å². The van der Waals surface area contributed by atoms with Gasteiger partial charge in [-0.3, -0.25) is 14.9 Å². The number of nitro groups is 1. The number of nitrogens with zero attached hydrogens (tertiary/aromatic N) is 1. The van der Waals surface area contributed by atoms with E-state index in [2.05, 4.69) is 10.6 Å². The summed E-state index contributed by atoms with van der Waals surface area (Å²) in [5.74, 6) is -1.33. The van der Waals surface area contributed by atoms with Crippen LogP contribution in [-0.4, -0.2) is 44.2 Å². The number of methoxy groups -OCH3 is 1. The van der Waals surface area contributed by atoms with Gasteiger partial charge < -0.3 is 15.4 Å². The summed E-state index contributed by atoms with van der Waals surface area (Å²) in [6.07, 6.45) is 1.68. The lowest BCUT2D eigenvalue weighted by molar-refractivity contribution is -0.385. The Morgan fingerprint density at radius 2 is 2.12 bits per heavy atom. The van der Waals surface area contributed by atoms with Crippen LogP contribution in [0.3, 0.4) is 0 Å². The van der Waals surface area contributed by atoms with E-state index < -0.39 is 22.3 Å². The molecule has 0 bridgehead atoms. The summed E-state index contributed by atoms with van der Waals surface area (Å²) in [5, 5.41) is 17.0. The third kappa shape index (κ3) is 4.86. The monoisotopic (exact) mass is 361 g/mol. The van der Waals surface area contributed by atoms with Gasteiger partial charge in [0.05, 0.1) is 17.6 Å². The Hall–Kier alpha value is -1.77. The standard InChI is InChI=1S/C15H20FN3O4.ClH/c1-23-10-15(4-6-17-7-5-15)9-18-14(20)12-3-2-11(16)8-13(12)19(21)22;/h2-3,8,17H,4-7,9-10H2,1H3,(H,18,20);1H. The van der Waals surface area contributed by atoms with E-state index in [1.807, 2.05) is 0 Å². The van der Waals surface area contributed by atoms with Gasteiger partial charge in [0, 0.05) is 19.1 Å². The van der Waals surface area contributed by atoms with Crippen LogP contribution in [-0.2, 0) is 4.74 Å². The molecule has 0 unspecified atom stereocenters. The van der Waals surface area contributed by atoms with Crippen molar-refractivity contribution in [3.63, 3.8) is 0 Å². The lowest BCUT2D eigenvalue weighted by Crippen LogP contribution is -2.47. The topological polar surface area (TPSA) is 93.5 Å². The second kappa shape index (κ2) is 8.91. The molecule has 1 aliphatic heterocycles. The zero-order valence-corrected chi connectivity index (χ0v) is 14.2. The van der Waals surface area contributed by atoms with Crippen LogP contribution in [0.25, 0.3) is 0 Å². The van der Waals surface area contributed by atoms with Crippen LogP contribution < -0.4 is 10.6 Å². The number of carbonyl (C=O) groups is 1. The first-order chi connectivity index (χ1) is 11.0. The van der Waals surface area contributed by atoms with Gasteiger partial charge in [0.2, 0.25) is 0 Å². The predicted molar refractivity (Wildman–Crippen MR) is 89.0 cm³/mol. The summed E-state index contributed by atoms with van der Waals surface area (Å²) in [6.45, 7) is 2.52. The van der Waals surface area contributed by atoms with Gasteiger partial charge in [0.1, 0.15) is 11.4 Å². The molecule has 0 atom stereocenters. The second-order valence-corrected chi connectivity index (χ2v) is 5.78. The van der Waals surface area contributed by atoms with E-state index in [0.29, 0.717) is 13.2 Å². The van der Waals surface area contributed by atoms with Crippen molar-refractivity contribution >= 4 is 24.0 Å². The maximum atomic E-state index is 13.1. The number of piperidine rings is 1. The summed E-state index contributed by atoms with van der Waals surface area (Å²) in [4.78, 5) is 22.5. The Labute approximate surface area is 145 Å². The fourth-order valence-electron chi connectivity index (χ4n) is 2.85. The molecule has 0 radical (unpaired) electrons. The minimum Gasteiger partial charge on any atom is -0.384 e. The number of halogens is 2. The largest absolute Gasteiger partial charge is 0.384 e. The van der Waals surface area contributed by atoms with Crippen molar-refractivity contribution in [2.45, 2.75) is 12.8 Å². The summed E-state index contributed by atoms with van der Waals surface area (Å²) in [6, 6.07) is 2.93. The fourth-order valence-corrected chi connectivity index (χ4v) is 2.85. The molecule has 0 aromatic heterocycles. The molecule has 1 saturated heterocycles. The molecule has 7 nitrogen and oxygen atoms in total. The fraction of sp³-hybridized carbons (Fsp3) is 0.533. The lowest BCUT2D eigenvalue weighted by atomic mass is 9.79. The Morgan fingerprint density at radius 1 is 1.46 bits per heavy atom. The molecule has 0 spiro atoms. The summed E-state index contributed by atoms with van der Waals surface area (Å²) < 4.78 is 18.4. The molecule has 2 N–H and O–H groups in total. The Balaban J connectivity index is 0.00000288. The number of amides is 1. The van der Waals surface area contributed by atoms with Gasteiger partial charge in [-0.25, -0.2) is 4.39 Å². The molecule has 1 amide bonds. The molecule has 0 saturated carbocycles. The quantitative estimate of drug-likeness (QED) is 0.596. The zero-order valence-electron chi connectivity index (χ0n) is 13.3. The van der Waals surface area contributed by atoms with Crippen LogP contribution in [0.4, 0.5) is 10.1 Å². The molecule has 1 heterocycles. The molecule has 9 heteroatoms. The van der Waals surface area contributed by atoms with Crippen molar-refractivity contribution in [1.29, 1.82) is 0 Å². The lowest BCUT2D eigenvalue weighted by Gasteiger charge is -2.37. The highest BCUT2D eigenvalue weighted by atomic mass is 35.5. The molecule has 1 aromatic rings. The highest BCUT2D eigenvalue weighted by Gasteiger charge is 2.33. The van der Waals surface area contributed by atoms with Crippen molar-refractivity contribution in [2.75, 3.05) is 33.4 Å². The van der Waals surface area contributed by atoms with Crippen LogP contribution in [0.15, 0.2) is 18.2 Å². The summed E-state index contributed by atoms with van der Waals surface area (Å²) >= 11 is 0. The normalized spacial score (nSPS) is 16.1. The van der Waals surface area contributed by atoms with Gasteiger partial charge in [0.15, 0.2) is 0 Å². The highest BCUT2D eigenvalue weighted by Crippen LogP contribution is 2.28. The van der Waals surface area contributed by atoms with Crippen molar-refractivity contribution in [2.24, 2.45) is 5.41 Å². The van der Waals surface area contributed by atoms with E-state index in [1.54, 1.807) is 7.11 Å². The van der Waals surface area contributed by atoms with E-state index in [4.69, 9.17) is 4.74 Å². The van der Waals surface area contributed by atoms with E-state index in [9.17, 15) is 19.3 Å². The highest BCUT2D eigenvalue weighted by molar-refractivity contribution is 5.98. The van der Waals surface area contributed by atoms with E-state index in [-0.39, 0.29) is 23.4 Å². The number of rotatable bonds is 6. The zero-order chi connectivity index (χ0) is 16.9. The van der Waals surface area contributed by atoms with Crippen LogP contribution in [0, 0.1) is 21.3 Å². The number of carbonyl (C=O) groups excluding carboxylic acids is 1. The van der Waals surface area contributed by atoms with Crippen LogP contribution in [0.1, 0.15) is 23.2 Å². The first kappa shape index (κ1) is 20.3. The van der Waals surface area contributed by atoms with E-state index >= 15 is 0 Å². The smallest absolute Gasteiger partial charge is 0.285 e. The molecule has 24 heavy (non-hydrogen) atoms. The first-order valence-electron chi connectivity index (χ1n) is 7.39. The Morgan fingerprint density at radius 3 is 2.71 bits per heavy atom. The van der Waals surface area contributed by atoms with Crippen LogP contribution in [0.5, 0.6) is 0 Å². The molecule has 1 fully saturated rings. The van der Waals surface area contributed by atoms with Crippen LogP contribution >= 0.6 is 12.4 Å². The molecule has 1 aromatic carbocycles. The van der Waals surface area contributed by atoms with Gasteiger partial charge in [0.25, 0.3) is 11.6 Å². The van der Waals surface area contributed by atoms with Crippen molar-refractivity contribution in [3.05, 3.63) is 39.7 Å². The average Bonchev–Trinajstić information content (AvgIpc) is 2.54. The molecular weight excluding hydrogens is 341 g/mol. The van der Waals surface area contributed by atoms with Gasteiger partial charge >= 0.3 is 0 Å². The SMILES string of the molecule is COCC1(CNC(=O)c2ccc(F)cc2[N+](=O)[O-])CCNCC1.Cl. The van der Waals surface area contributed by atoms with Gasteiger partial charge in [-0.2, -0.15) is 0 Å². The number of ether oxygens (including phenoxy) is 1. The number of nitro benzene ring substituents is 1. The van der Waals surface area contributed by atoms with Crippen molar-refractivity contribution in [1.82, 2.24) is 10.6 Å². The summed E-state index contributed by atoms with van der Waals surface area (Å²) in [5.41, 5.74) is -0.865. The number of hydrogen-bond donors (Lipinski definition) is 2. The molecule has 0 aliphatic carbocycles. The van der Waals surface area contributed by atoms with Crippen molar-refractivity contribution in [3.8, 4) is 0 Å². The minimum absolute atomic E-state index is 0. The Kier molecular flexibility index (Phi) is 7.53. The van der Waals surface area contributed by atoms with Crippen LogP contribution in [0.2, 0.25) is 0 Å². The Bertz CT molecular complexity index is 589. The summed E-state index contributed by atoms with van der Waals surface area (Å²) in [7, 11) is 1.61. The number of hydrogen-bond acceptors (Lipinski definition) is 5.